The maximum atomic E-state index is 13.7. The molecular formula is C29H23F7N6O2. The molecule has 2 fully saturated rings. The van der Waals surface area contributed by atoms with Crippen molar-refractivity contribution in [3.8, 4) is 11.7 Å². The summed E-state index contributed by atoms with van der Waals surface area (Å²) in [7, 11) is 0. The highest BCUT2D eigenvalue weighted by atomic mass is 19.4. The third kappa shape index (κ3) is 6.00. The lowest BCUT2D eigenvalue weighted by atomic mass is 9.92. The zero-order valence-electron chi connectivity index (χ0n) is 22.7. The van der Waals surface area contributed by atoms with Crippen molar-refractivity contribution in [2.75, 3.05) is 11.4 Å². The number of hydrogen-bond donors (Lipinski definition) is 1. The summed E-state index contributed by atoms with van der Waals surface area (Å²) >= 11 is 0. The van der Waals surface area contributed by atoms with E-state index in [0.29, 0.717) is 30.0 Å². The second kappa shape index (κ2) is 11.3. The van der Waals surface area contributed by atoms with Gasteiger partial charge < -0.3 is 14.6 Å². The van der Waals surface area contributed by atoms with Gasteiger partial charge in [0.2, 0.25) is 17.6 Å². The molecule has 0 radical (unpaired) electrons. The Morgan fingerprint density at radius 1 is 0.955 bits per heavy atom. The van der Waals surface area contributed by atoms with Crippen LogP contribution in [0.15, 0.2) is 59.3 Å². The minimum absolute atomic E-state index is 0.0333. The van der Waals surface area contributed by atoms with Gasteiger partial charge in [0, 0.05) is 30.0 Å². The first kappa shape index (κ1) is 29.7. The lowest BCUT2D eigenvalue weighted by Gasteiger charge is -2.23. The van der Waals surface area contributed by atoms with Gasteiger partial charge in [-0.1, -0.05) is 6.07 Å². The third-order valence-corrected chi connectivity index (χ3v) is 7.96. The molecule has 4 aromatic rings. The number of aromatic nitrogens is 4. The van der Waals surface area contributed by atoms with Gasteiger partial charge in [0.05, 0.1) is 17.5 Å². The van der Waals surface area contributed by atoms with Gasteiger partial charge in [-0.05, 0) is 72.8 Å². The third-order valence-electron chi connectivity index (χ3n) is 7.96. The number of carbonyl (C=O) groups excluding carboxylic acids is 1. The number of benzene rings is 2. The van der Waals surface area contributed by atoms with Crippen LogP contribution in [-0.4, -0.2) is 38.7 Å². The molecule has 1 N–H and O–H groups in total. The molecule has 44 heavy (non-hydrogen) atoms. The number of amides is 1. The lowest BCUT2D eigenvalue weighted by molar-refractivity contribution is -0.143. The molecule has 2 aromatic carbocycles. The SMILES string of the molecule is O=C(Cc1ccc(C(F)(F)F)cc1C(F)(F)F)N(Cc1nnc(-c2ncc(C3C4CCC3NC4)cn2)o1)c1ccc(F)cc1. The van der Waals surface area contributed by atoms with Crippen LogP contribution in [0.25, 0.3) is 11.7 Å². The normalized spacial score (nSPS) is 19.8. The Labute approximate surface area is 245 Å². The number of rotatable bonds is 7. The largest absolute Gasteiger partial charge is 0.416 e. The first-order chi connectivity index (χ1) is 20.9. The van der Waals surface area contributed by atoms with E-state index in [1.807, 2.05) is 0 Å². The average Bonchev–Trinajstić information content (AvgIpc) is 3.72. The summed E-state index contributed by atoms with van der Waals surface area (Å²) in [6, 6.07) is 5.95. The van der Waals surface area contributed by atoms with E-state index >= 15 is 0 Å². The minimum atomic E-state index is -5.16. The van der Waals surface area contributed by atoms with E-state index in [4.69, 9.17) is 4.42 Å². The summed E-state index contributed by atoms with van der Waals surface area (Å²) in [5, 5.41) is 11.3. The molecule has 1 saturated carbocycles. The van der Waals surface area contributed by atoms with Crippen molar-refractivity contribution in [3.05, 3.63) is 88.8 Å². The van der Waals surface area contributed by atoms with Crippen LogP contribution >= 0.6 is 0 Å². The number of hydrogen-bond acceptors (Lipinski definition) is 7. The van der Waals surface area contributed by atoms with Crippen molar-refractivity contribution < 1.29 is 39.9 Å². The first-order valence-corrected chi connectivity index (χ1v) is 13.6. The molecule has 2 bridgehead atoms. The zero-order valence-corrected chi connectivity index (χ0v) is 22.7. The molecule has 2 aliphatic rings. The Kier molecular flexibility index (Phi) is 7.59. The molecule has 8 nitrogen and oxygen atoms in total. The van der Waals surface area contributed by atoms with E-state index in [1.54, 1.807) is 12.4 Å². The van der Waals surface area contributed by atoms with Gasteiger partial charge in [0.25, 0.3) is 5.89 Å². The van der Waals surface area contributed by atoms with Gasteiger partial charge in [-0.25, -0.2) is 14.4 Å². The maximum Gasteiger partial charge on any atom is 0.416 e. The monoisotopic (exact) mass is 620 g/mol. The molecule has 15 heteroatoms. The molecule has 230 valence electrons. The van der Waals surface area contributed by atoms with Crippen LogP contribution in [-0.2, 0) is 30.1 Å². The molecule has 1 aliphatic carbocycles. The quantitative estimate of drug-likeness (QED) is 0.255. The summed E-state index contributed by atoms with van der Waals surface area (Å²) in [6.45, 7) is 0.512. The maximum absolute atomic E-state index is 13.7. The number of alkyl halides is 6. The lowest BCUT2D eigenvalue weighted by Crippen LogP contribution is -2.32. The van der Waals surface area contributed by atoms with Gasteiger partial charge in [0.1, 0.15) is 12.4 Å². The van der Waals surface area contributed by atoms with Crippen LogP contribution in [0.2, 0.25) is 0 Å². The van der Waals surface area contributed by atoms with E-state index in [9.17, 15) is 35.5 Å². The molecule has 3 unspecified atom stereocenters. The fourth-order valence-corrected chi connectivity index (χ4v) is 5.88. The topological polar surface area (TPSA) is 97.0 Å². The molecule has 0 spiro atoms. The molecule has 1 saturated heterocycles. The van der Waals surface area contributed by atoms with Crippen molar-refractivity contribution in [2.45, 2.75) is 50.1 Å². The predicted octanol–water partition coefficient (Wildman–Crippen LogP) is 5.94. The van der Waals surface area contributed by atoms with Gasteiger partial charge in [0.15, 0.2) is 0 Å². The molecule has 3 atom stereocenters. The van der Waals surface area contributed by atoms with Gasteiger partial charge >= 0.3 is 12.4 Å². The number of piperidine rings is 1. The molecule has 2 aromatic heterocycles. The predicted molar refractivity (Wildman–Crippen MR) is 140 cm³/mol. The van der Waals surface area contributed by atoms with Crippen LogP contribution in [0.4, 0.5) is 36.4 Å². The summed E-state index contributed by atoms with van der Waals surface area (Å²) in [6.07, 6.45) is -5.48. The highest BCUT2D eigenvalue weighted by molar-refractivity contribution is 5.94. The Hall–Kier alpha value is -4.40. The Morgan fingerprint density at radius 2 is 1.68 bits per heavy atom. The summed E-state index contributed by atoms with van der Waals surface area (Å²) < 4.78 is 99.8. The van der Waals surface area contributed by atoms with Gasteiger partial charge in [-0.15, -0.1) is 10.2 Å². The molecule has 6 rings (SSSR count). The first-order valence-electron chi connectivity index (χ1n) is 13.6. The summed E-state index contributed by atoms with van der Waals surface area (Å²) in [5.74, 6) is -0.800. The number of halogens is 7. The molecular weight excluding hydrogens is 597 g/mol. The average molecular weight is 621 g/mol. The van der Waals surface area contributed by atoms with E-state index in [2.05, 4.69) is 25.5 Å². The second-order valence-corrected chi connectivity index (χ2v) is 10.7. The number of nitrogens with one attached hydrogen (secondary N) is 1. The van der Waals surface area contributed by atoms with Crippen molar-refractivity contribution in [1.82, 2.24) is 25.5 Å². The van der Waals surface area contributed by atoms with Crippen molar-refractivity contribution in [2.24, 2.45) is 5.92 Å². The Balaban J connectivity index is 1.24. The fourth-order valence-electron chi connectivity index (χ4n) is 5.88. The van der Waals surface area contributed by atoms with E-state index in [-0.39, 0.29) is 29.4 Å². The molecule has 1 amide bonds. The minimum Gasteiger partial charge on any atom is -0.416 e. The van der Waals surface area contributed by atoms with Crippen LogP contribution in [0.5, 0.6) is 0 Å². The fraction of sp³-hybridized carbons (Fsp3) is 0.345. The number of anilines is 1. The van der Waals surface area contributed by atoms with Gasteiger partial charge in [-0.2, -0.15) is 26.3 Å². The van der Waals surface area contributed by atoms with Crippen molar-refractivity contribution in [3.63, 3.8) is 0 Å². The highest BCUT2D eigenvalue weighted by Crippen LogP contribution is 2.43. The van der Waals surface area contributed by atoms with Crippen LogP contribution in [0, 0.1) is 11.7 Å². The number of carbonyl (C=O) groups is 1. The summed E-state index contributed by atoms with van der Waals surface area (Å²) in [4.78, 5) is 23.1. The van der Waals surface area contributed by atoms with E-state index in [0.717, 1.165) is 42.0 Å². The molecule has 3 heterocycles. The summed E-state index contributed by atoms with van der Waals surface area (Å²) in [5.41, 5.74) is -2.70. The second-order valence-electron chi connectivity index (χ2n) is 10.7. The van der Waals surface area contributed by atoms with Crippen molar-refractivity contribution in [1.29, 1.82) is 0 Å². The van der Waals surface area contributed by atoms with Crippen molar-refractivity contribution >= 4 is 11.6 Å². The highest BCUT2D eigenvalue weighted by Gasteiger charge is 2.42. The molecule has 1 aliphatic heterocycles. The van der Waals surface area contributed by atoms with Crippen LogP contribution in [0.1, 0.15) is 46.9 Å². The Bertz CT molecular complexity index is 1630. The zero-order chi connectivity index (χ0) is 31.2. The number of fused-ring (bicyclic) bond motifs is 2. The van der Waals surface area contributed by atoms with Crippen LogP contribution < -0.4 is 10.2 Å². The number of nitrogens with zero attached hydrogens (tertiary/aromatic N) is 5. The standard InChI is InChI=1S/C29H23F7N6O2/c30-19-4-6-20(7-5-19)42(24(43)9-15-1-3-18(28(31,32)33)10-21(15)29(34,35)36)14-23-40-41-27(44-23)26-38-12-17(13-39-26)25-16-2-8-22(25)37-11-16/h1,3-7,10,12-13,16,22,25,37H,2,8-9,11,14H2. The Morgan fingerprint density at radius 3 is 2.27 bits per heavy atom. The van der Waals surface area contributed by atoms with E-state index in [1.165, 1.54) is 12.1 Å². The van der Waals surface area contributed by atoms with Gasteiger partial charge in [-0.3, -0.25) is 4.79 Å². The van der Waals surface area contributed by atoms with Crippen LogP contribution in [0.3, 0.4) is 0 Å². The smallest absolute Gasteiger partial charge is 0.416 e. The van der Waals surface area contributed by atoms with E-state index < -0.39 is 53.7 Å².